The minimum absolute atomic E-state index is 0.0830. The zero-order valence-electron chi connectivity index (χ0n) is 9.19. The predicted molar refractivity (Wildman–Crippen MR) is 62.8 cm³/mol. The lowest BCUT2D eigenvalue weighted by Gasteiger charge is -2.02. The number of hydrogen-bond donors (Lipinski definition) is 2. The molecule has 1 aromatic rings. The molecule has 1 aliphatic carbocycles. The zero-order valence-corrected chi connectivity index (χ0v) is 10.0. The standard InChI is InChI=1S/C10H17N3O2S/c14-6-2-1-3-7-16-10-12-11-9(15)13(10)8-4-5-8/h8,14H,1-7H2,(H,11,15). The first-order valence-corrected chi connectivity index (χ1v) is 6.72. The van der Waals surface area contributed by atoms with E-state index in [-0.39, 0.29) is 12.3 Å². The molecule has 0 aromatic carbocycles. The summed E-state index contributed by atoms with van der Waals surface area (Å²) in [6, 6.07) is 0.381. The highest BCUT2D eigenvalue weighted by Crippen LogP contribution is 2.36. The number of nitrogens with one attached hydrogen (secondary N) is 1. The van der Waals surface area contributed by atoms with E-state index in [4.69, 9.17) is 5.11 Å². The topological polar surface area (TPSA) is 70.9 Å². The molecule has 0 amide bonds. The molecule has 0 unspecified atom stereocenters. The van der Waals surface area contributed by atoms with E-state index in [1.165, 1.54) is 0 Å². The molecular weight excluding hydrogens is 226 g/mol. The van der Waals surface area contributed by atoms with Gasteiger partial charge in [-0.05, 0) is 25.7 Å². The Bertz CT molecular complexity index is 384. The molecule has 5 nitrogen and oxygen atoms in total. The van der Waals surface area contributed by atoms with Crippen molar-refractivity contribution in [2.45, 2.75) is 43.3 Å². The second kappa shape index (κ2) is 5.54. The first kappa shape index (κ1) is 11.7. The number of thioether (sulfide) groups is 1. The maximum atomic E-state index is 11.5. The SMILES string of the molecule is O=c1[nH]nc(SCCCCCO)n1C1CC1. The van der Waals surface area contributed by atoms with Crippen LogP contribution in [0.4, 0.5) is 0 Å². The van der Waals surface area contributed by atoms with Crippen molar-refractivity contribution < 1.29 is 5.11 Å². The Kier molecular flexibility index (Phi) is 4.06. The molecule has 6 heteroatoms. The van der Waals surface area contributed by atoms with Crippen LogP contribution in [0.2, 0.25) is 0 Å². The summed E-state index contributed by atoms with van der Waals surface area (Å²) < 4.78 is 1.77. The highest BCUT2D eigenvalue weighted by atomic mass is 32.2. The van der Waals surface area contributed by atoms with Gasteiger partial charge in [-0.25, -0.2) is 9.89 Å². The number of aromatic amines is 1. The molecule has 0 radical (unpaired) electrons. The number of aromatic nitrogens is 3. The van der Waals surface area contributed by atoms with Crippen molar-refractivity contribution in [2.75, 3.05) is 12.4 Å². The minimum Gasteiger partial charge on any atom is -0.396 e. The lowest BCUT2D eigenvalue weighted by atomic mass is 10.3. The van der Waals surface area contributed by atoms with Gasteiger partial charge in [0.1, 0.15) is 0 Å². The Morgan fingerprint density at radius 2 is 2.25 bits per heavy atom. The first-order valence-electron chi connectivity index (χ1n) is 5.73. The van der Waals surface area contributed by atoms with Crippen LogP contribution in [-0.2, 0) is 0 Å². The van der Waals surface area contributed by atoms with Crippen molar-refractivity contribution in [3.05, 3.63) is 10.5 Å². The molecule has 0 atom stereocenters. The lowest BCUT2D eigenvalue weighted by Crippen LogP contribution is -2.16. The van der Waals surface area contributed by atoms with E-state index >= 15 is 0 Å². The molecule has 1 fully saturated rings. The van der Waals surface area contributed by atoms with Crippen LogP contribution in [0.15, 0.2) is 9.95 Å². The number of rotatable bonds is 7. The predicted octanol–water partition coefficient (Wildman–Crippen LogP) is 1.16. The average molecular weight is 243 g/mol. The molecule has 1 aromatic heterocycles. The van der Waals surface area contributed by atoms with E-state index in [0.717, 1.165) is 43.0 Å². The van der Waals surface area contributed by atoms with Crippen molar-refractivity contribution in [3.8, 4) is 0 Å². The van der Waals surface area contributed by atoms with Crippen LogP contribution in [0.25, 0.3) is 0 Å². The summed E-state index contributed by atoms with van der Waals surface area (Å²) in [5, 5.41) is 16.0. The molecule has 0 aliphatic heterocycles. The normalized spacial score (nSPS) is 15.6. The fraction of sp³-hybridized carbons (Fsp3) is 0.800. The Balaban J connectivity index is 1.82. The van der Waals surface area contributed by atoms with Crippen LogP contribution in [0.1, 0.15) is 38.1 Å². The van der Waals surface area contributed by atoms with Crippen LogP contribution in [0.5, 0.6) is 0 Å². The maximum Gasteiger partial charge on any atom is 0.344 e. The Morgan fingerprint density at radius 1 is 1.44 bits per heavy atom. The zero-order chi connectivity index (χ0) is 11.4. The van der Waals surface area contributed by atoms with E-state index in [2.05, 4.69) is 10.2 Å². The molecule has 1 aliphatic rings. The van der Waals surface area contributed by atoms with Gasteiger partial charge in [0.25, 0.3) is 0 Å². The summed E-state index contributed by atoms with van der Waals surface area (Å²) in [6.07, 6.45) is 5.13. The Hall–Kier alpha value is -0.750. The quantitative estimate of drug-likeness (QED) is 0.557. The molecule has 0 spiro atoms. The highest BCUT2D eigenvalue weighted by molar-refractivity contribution is 7.99. The van der Waals surface area contributed by atoms with Crippen LogP contribution in [0, 0.1) is 0 Å². The van der Waals surface area contributed by atoms with Gasteiger partial charge >= 0.3 is 5.69 Å². The second-order valence-corrected chi connectivity index (χ2v) is 5.11. The van der Waals surface area contributed by atoms with Crippen LogP contribution < -0.4 is 5.69 Å². The molecule has 1 heterocycles. The third kappa shape index (κ3) is 2.89. The summed E-state index contributed by atoms with van der Waals surface area (Å²) >= 11 is 1.63. The van der Waals surface area contributed by atoms with E-state index in [1.54, 1.807) is 16.3 Å². The molecule has 0 saturated heterocycles. The monoisotopic (exact) mass is 243 g/mol. The minimum atomic E-state index is -0.0830. The molecule has 2 N–H and O–H groups in total. The number of aliphatic hydroxyl groups excluding tert-OH is 1. The summed E-state index contributed by atoms with van der Waals surface area (Å²) in [5.41, 5.74) is -0.0830. The molecule has 1 saturated carbocycles. The van der Waals surface area contributed by atoms with Crippen molar-refractivity contribution in [1.29, 1.82) is 0 Å². The first-order chi connectivity index (χ1) is 7.83. The fourth-order valence-electron chi connectivity index (χ4n) is 1.60. The summed E-state index contributed by atoms with van der Waals surface area (Å²) in [6.45, 7) is 0.264. The van der Waals surface area contributed by atoms with Gasteiger partial charge in [0.2, 0.25) is 0 Å². The number of hydrogen-bond acceptors (Lipinski definition) is 4. The third-order valence-corrected chi connectivity index (χ3v) is 3.66. The number of unbranched alkanes of at least 4 members (excludes halogenated alkanes) is 2. The Morgan fingerprint density at radius 3 is 2.94 bits per heavy atom. The van der Waals surface area contributed by atoms with Gasteiger partial charge in [-0.2, -0.15) is 0 Å². The van der Waals surface area contributed by atoms with Gasteiger partial charge in [-0.15, -0.1) is 5.10 Å². The fourth-order valence-corrected chi connectivity index (χ4v) is 2.61. The van der Waals surface area contributed by atoms with Gasteiger partial charge in [-0.3, -0.25) is 4.57 Å². The second-order valence-electron chi connectivity index (χ2n) is 4.05. The largest absolute Gasteiger partial charge is 0.396 e. The lowest BCUT2D eigenvalue weighted by molar-refractivity contribution is 0.284. The average Bonchev–Trinajstić information content (AvgIpc) is 3.04. The number of aliphatic hydroxyl groups is 1. The molecule has 90 valence electrons. The third-order valence-electron chi connectivity index (χ3n) is 2.62. The van der Waals surface area contributed by atoms with Gasteiger partial charge in [-0.1, -0.05) is 18.2 Å². The highest BCUT2D eigenvalue weighted by Gasteiger charge is 2.28. The van der Waals surface area contributed by atoms with E-state index in [0.29, 0.717) is 6.04 Å². The number of nitrogens with zero attached hydrogens (tertiary/aromatic N) is 2. The van der Waals surface area contributed by atoms with Crippen molar-refractivity contribution in [2.24, 2.45) is 0 Å². The van der Waals surface area contributed by atoms with E-state index < -0.39 is 0 Å². The molecule has 0 bridgehead atoms. The van der Waals surface area contributed by atoms with E-state index in [9.17, 15) is 4.79 Å². The summed E-state index contributed by atoms with van der Waals surface area (Å²) in [5.74, 6) is 0.955. The number of H-pyrrole nitrogens is 1. The van der Waals surface area contributed by atoms with Crippen molar-refractivity contribution in [3.63, 3.8) is 0 Å². The van der Waals surface area contributed by atoms with Gasteiger partial charge < -0.3 is 5.11 Å². The summed E-state index contributed by atoms with van der Waals surface area (Å²) in [7, 11) is 0. The molecule has 2 rings (SSSR count). The van der Waals surface area contributed by atoms with Gasteiger partial charge in [0.05, 0.1) is 0 Å². The van der Waals surface area contributed by atoms with Gasteiger partial charge in [0.15, 0.2) is 5.16 Å². The smallest absolute Gasteiger partial charge is 0.344 e. The molecule has 16 heavy (non-hydrogen) atoms. The molecular formula is C10H17N3O2S. The van der Waals surface area contributed by atoms with Crippen LogP contribution in [0.3, 0.4) is 0 Å². The summed E-state index contributed by atoms with van der Waals surface area (Å²) in [4.78, 5) is 11.5. The van der Waals surface area contributed by atoms with Crippen LogP contribution in [-0.4, -0.2) is 32.2 Å². The van der Waals surface area contributed by atoms with Crippen molar-refractivity contribution >= 4 is 11.8 Å². The van der Waals surface area contributed by atoms with Crippen molar-refractivity contribution in [1.82, 2.24) is 14.8 Å². The van der Waals surface area contributed by atoms with Gasteiger partial charge in [0, 0.05) is 18.4 Å². The maximum absolute atomic E-state index is 11.5. The van der Waals surface area contributed by atoms with E-state index in [1.807, 2.05) is 0 Å². The van der Waals surface area contributed by atoms with Crippen LogP contribution >= 0.6 is 11.8 Å². The Labute approximate surface area is 98.3 Å².